The van der Waals surface area contributed by atoms with Crippen LogP contribution < -0.4 is 15.8 Å². The Hall–Kier alpha value is -3.69. The van der Waals surface area contributed by atoms with E-state index in [2.05, 4.69) is 32.7 Å². The summed E-state index contributed by atoms with van der Waals surface area (Å²) in [4.78, 5) is 33.4. The number of anilines is 1. The number of carbonyl (C=O) groups is 1. The number of nitrogens with zero attached hydrogens (tertiary/aromatic N) is 6. The molecule has 0 radical (unpaired) electrons. The van der Waals surface area contributed by atoms with Crippen LogP contribution in [0.5, 0.6) is 0 Å². The SMILES string of the molecule is O=C1NCCCCCC(n2cnc(-c3cc(Cl)ccc3-n3cc(Cl)nn3)cc2=O)c2cccc(c2)N2CCC[C@H]12. The molecule has 0 spiro atoms. The van der Waals surface area contributed by atoms with Gasteiger partial charge < -0.3 is 10.2 Å². The van der Waals surface area contributed by atoms with Gasteiger partial charge in [-0.1, -0.05) is 53.4 Å². The van der Waals surface area contributed by atoms with Crippen molar-refractivity contribution >= 4 is 34.8 Å². The molecule has 206 valence electrons. The maximum Gasteiger partial charge on any atom is 0.254 e. The number of aromatic nitrogens is 5. The molecule has 11 heteroatoms. The Labute approximate surface area is 241 Å². The molecule has 1 saturated heterocycles. The molecule has 1 amide bonds. The van der Waals surface area contributed by atoms with E-state index >= 15 is 0 Å². The highest BCUT2D eigenvalue weighted by atomic mass is 35.5. The number of halogens is 2. The van der Waals surface area contributed by atoms with Crippen LogP contribution in [0, 0.1) is 0 Å². The van der Waals surface area contributed by atoms with Gasteiger partial charge in [0.2, 0.25) is 5.91 Å². The zero-order valence-electron chi connectivity index (χ0n) is 21.8. The van der Waals surface area contributed by atoms with Crippen LogP contribution in [-0.2, 0) is 4.79 Å². The van der Waals surface area contributed by atoms with Crippen molar-refractivity contribution in [2.45, 2.75) is 50.6 Å². The summed E-state index contributed by atoms with van der Waals surface area (Å²) in [5.41, 5.74) is 3.66. The van der Waals surface area contributed by atoms with E-state index < -0.39 is 0 Å². The van der Waals surface area contributed by atoms with Crippen LogP contribution in [0.15, 0.2) is 65.8 Å². The van der Waals surface area contributed by atoms with Gasteiger partial charge in [0, 0.05) is 35.4 Å². The number of fused-ring (bicyclic) bond motifs is 4. The van der Waals surface area contributed by atoms with E-state index in [1.54, 1.807) is 35.3 Å². The highest BCUT2D eigenvalue weighted by molar-refractivity contribution is 6.31. The molecular formula is C29H29Cl2N7O2. The van der Waals surface area contributed by atoms with Crippen molar-refractivity contribution in [2.24, 2.45) is 0 Å². The van der Waals surface area contributed by atoms with E-state index in [4.69, 9.17) is 28.2 Å². The Kier molecular flexibility index (Phi) is 7.58. The Morgan fingerprint density at radius 1 is 0.925 bits per heavy atom. The number of amides is 1. The van der Waals surface area contributed by atoms with E-state index in [-0.39, 0.29) is 28.7 Å². The van der Waals surface area contributed by atoms with Crippen molar-refractivity contribution in [1.29, 1.82) is 0 Å². The number of benzene rings is 2. The smallest absolute Gasteiger partial charge is 0.254 e. The second-order valence-electron chi connectivity index (χ2n) is 10.3. The molecule has 0 saturated carbocycles. The largest absolute Gasteiger partial charge is 0.360 e. The lowest BCUT2D eigenvalue weighted by Crippen LogP contribution is -2.43. The van der Waals surface area contributed by atoms with E-state index in [9.17, 15) is 9.59 Å². The Bertz CT molecular complexity index is 1600. The summed E-state index contributed by atoms with van der Waals surface area (Å²) >= 11 is 12.3. The number of hydrogen-bond acceptors (Lipinski definition) is 6. The van der Waals surface area contributed by atoms with Gasteiger partial charge in [-0.2, -0.15) is 0 Å². The zero-order valence-corrected chi connectivity index (χ0v) is 23.4. The maximum absolute atomic E-state index is 13.7. The van der Waals surface area contributed by atoms with Gasteiger partial charge in [0.25, 0.3) is 5.56 Å². The van der Waals surface area contributed by atoms with Gasteiger partial charge >= 0.3 is 0 Å². The lowest BCUT2D eigenvalue weighted by Gasteiger charge is -2.27. The molecule has 1 unspecified atom stereocenters. The third-order valence-electron chi connectivity index (χ3n) is 7.71. The number of rotatable bonds is 3. The van der Waals surface area contributed by atoms with Gasteiger partial charge in [-0.15, -0.1) is 5.10 Å². The summed E-state index contributed by atoms with van der Waals surface area (Å²) < 4.78 is 3.25. The van der Waals surface area contributed by atoms with Gasteiger partial charge in [0.15, 0.2) is 5.15 Å². The molecule has 2 bridgehead atoms. The summed E-state index contributed by atoms with van der Waals surface area (Å²) in [5.74, 6) is 0.100. The minimum atomic E-state index is -0.188. The third kappa shape index (κ3) is 5.36. The van der Waals surface area contributed by atoms with Crippen LogP contribution in [0.25, 0.3) is 16.9 Å². The van der Waals surface area contributed by atoms with Crippen LogP contribution in [0.1, 0.15) is 50.1 Å². The molecule has 6 rings (SSSR count). The molecule has 2 aliphatic heterocycles. The summed E-state index contributed by atoms with van der Waals surface area (Å²) in [5, 5.41) is 11.8. The van der Waals surface area contributed by atoms with Crippen LogP contribution in [0.4, 0.5) is 5.69 Å². The highest BCUT2D eigenvalue weighted by Gasteiger charge is 2.31. The van der Waals surface area contributed by atoms with Crippen molar-refractivity contribution in [3.63, 3.8) is 0 Å². The Morgan fingerprint density at radius 3 is 2.62 bits per heavy atom. The Morgan fingerprint density at radius 2 is 1.80 bits per heavy atom. The molecule has 0 aliphatic carbocycles. The van der Waals surface area contributed by atoms with Crippen molar-refractivity contribution in [1.82, 2.24) is 29.9 Å². The third-order valence-corrected chi connectivity index (χ3v) is 8.12. The normalized spacial score (nSPS) is 19.8. The first-order chi connectivity index (χ1) is 19.5. The van der Waals surface area contributed by atoms with Crippen molar-refractivity contribution in [3.8, 4) is 16.9 Å². The first-order valence-electron chi connectivity index (χ1n) is 13.6. The van der Waals surface area contributed by atoms with E-state index in [1.165, 1.54) is 10.7 Å². The first-order valence-corrected chi connectivity index (χ1v) is 14.3. The molecule has 40 heavy (non-hydrogen) atoms. The minimum absolute atomic E-state index is 0.100. The average Bonchev–Trinajstić information content (AvgIpc) is 3.62. The van der Waals surface area contributed by atoms with Gasteiger partial charge in [0.05, 0.1) is 29.9 Å². The summed E-state index contributed by atoms with van der Waals surface area (Å²) in [7, 11) is 0. The van der Waals surface area contributed by atoms with Gasteiger partial charge in [-0.05, 0) is 61.6 Å². The van der Waals surface area contributed by atoms with Crippen LogP contribution >= 0.6 is 23.2 Å². The Balaban J connectivity index is 1.39. The summed E-state index contributed by atoms with van der Waals surface area (Å²) in [6, 6.07) is 14.7. The van der Waals surface area contributed by atoms with Gasteiger partial charge in [0.1, 0.15) is 6.04 Å². The quantitative estimate of drug-likeness (QED) is 0.366. The molecular weight excluding hydrogens is 549 g/mol. The first kappa shape index (κ1) is 26.5. The molecule has 1 fully saturated rings. The number of nitrogens with one attached hydrogen (secondary N) is 1. The molecule has 2 aromatic heterocycles. The highest BCUT2D eigenvalue weighted by Crippen LogP contribution is 2.32. The van der Waals surface area contributed by atoms with Crippen molar-refractivity contribution in [2.75, 3.05) is 18.0 Å². The molecule has 4 heterocycles. The molecule has 4 aromatic rings. The van der Waals surface area contributed by atoms with E-state index in [0.29, 0.717) is 28.5 Å². The van der Waals surface area contributed by atoms with Gasteiger partial charge in [-0.25, -0.2) is 9.67 Å². The topological polar surface area (TPSA) is 97.9 Å². The van der Waals surface area contributed by atoms with E-state index in [1.807, 2.05) is 12.1 Å². The predicted molar refractivity (Wildman–Crippen MR) is 155 cm³/mol. The standard InChI is InChI=1S/C29H29Cl2N7O2/c30-20-10-11-25(38-17-27(31)34-35-38)22(15-20)23-16-28(39)37(18-33-23)24-8-2-1-3-12-32-29(40)26-9-5-13-36(26)21-7-4-6-19(24)14-21/h4,6-7,10-11,14-18,24,26H,1-3,5,8-9,12-13H2,(H,32,40)/t24?,26-/m1/s1. The second kappa shape index (κ2) is 11.4. The lowest BCUT2D eigenvalue weighted by atomic mass is 9.99. The van der Waals surface area contributed by atoms with Crippen LogP contribution in [0.3, 0.4) is 0 Å². The second-order valence-corrected chi connectivity index (χ2v) is 11.1. The average molecular weight is 579 g/mol. The molecule has 1 N–H and O–H groups in total. The summed E-state index contributed by atoms with van der Waals surface area (Å²) in [6.07, 6.45) is 8.58. The van der Waals surface area contributed by atoms with Crippen LogP contribution in [0.2, 0.25) is 10.2 Å². The van der Waals surface area contributed by atoms with Crippen molar-refractivity contribution < 1.29 is 4.79 Å². The number of carbonyl (C=O) groups excluding carboxylic acids is 1. The summed E-state index contributed by atoms with van der Waals surface area (Å²) in [6.45, 7) is 1.50. The fourth-order valence-corrected chi connectivity index (χ4v) is 6.06. The van der Waals surface area contributed by atoms with E-state index in [0.717, 1.165) is 56.3 Å². The number of hydrogen-bond donors (Lipinski definition) is 1. The molecule has 9 nitrogen and oxygen atoms in total. The van der Waals surface area contributed by atoms with Gasteiger partial charge in [-0.3, -0.25) is 14.2 Å². The van der Waals surface area contributed by atoms with Crippen LogP contribution in [-0.4, -0.2) is 49.6 Å². The predicted octanol–water partition coefficient (Wildman–Crippen LogP) is 5.05. The molecule has 2 aliphatic rings. The fraction of sp³-hybridized carbons (Fsp3) is 0.345. The minimum Gasteiger partial charge on any atom is -0.360 e. The van der Waals surface area contributed by atoms with Crippen molar-refractivity contribution in [3.05, 3.63) is 87.1 Å². The maximum atomic E-state index is 13.7. The molecule has 2 aromatic carbocycles. The monoisotopic (exact) mass is 577 g/mol. The zero-order chi connectivity index (χ0) is 27.6. The lowest BCUT2D eigenvalue weighted by molar-refractivity contribution is -0.122. The fourth-order valence-electron chi connectivity index (χ4n) is 5.76. The molecule has 2 atom stereocenters.